The predicted octanol–water partition coefficient (Wildman–Crippen LogP) is 3.19. The van der Waals surface area contributed by atoms with Crippen LogP contribution in [0.5, 0.6) is 11.8 Å². The second-order valence-corrected chi connectivity index (χ2v) is 3.80. The van der Waals surface area contributed by atoms with Gasteiger partial charge >= 0.3 is 6.01 Å². The molecule has 0 aliphatic heterocycles. The van der Waals surface area contributed by atoms with Crippen LogP contribution in [0.25, 0.3) is 0 Å². The quantitative estimate of drug-likeness (QED) is 0.770. The first kappa shape index (κ1) is 10.6. The molecule has 16 heavy (non-hydrogen) atoms. The molecule has 0 saturated heterocycles. The Morgan fingerprint density at radius 2 is 1.56 bits per heavy atom. The Bertz CT molecular complexity index is 489. The average molecular weight is 214 g/mol. The van der Waals surface area contributed by atoms with Gasteiger partial charge in [-0.15, -0.1) is 0 Å². The van der Waals surface area contributed by atoms with Gasteiger partial charge in [-0.2, -0.15) is 0 Å². The number of ether oxygens (including phenoxy) is 1. The summed E-state index contributed by atoms with van der Waals surface area (Å²) in [7, 11) is 0. The molecule has 0 unspecified atom stereocenters. The van der Waals surface area contributed by atoms with E-state index in [9.17, 15) is 0 Å². The Labute approximate surface area is 95.1 Å². The molecule has 0 spiro atoms. The standard InChI is InChI=1S/C13H14N2O/c1-9-6-4-5-7-12(9)16-13-14-10(2)8-11(3)15-13/h4-8H,1-3H3. The zero-order valence-corrected chi connectivity index (χ0v) is 9.69. The van der Waals surface area contributed by atoms with Crippen molar-refractivity contribution in [1.82, 2.24) is 9.97 Å². The van der Waals surface area contributed by atoms with Gasteiger partial charge in [-0.05, 0) is 38.5 Å². The molecule has 1 heterocycles. The summed E-state index contributed by atoms with van der Waals surface area (Å²) >= 11 is 0. The molecule has 82 valence electrons. The van der Waals surface area contributed by atoms with Gasteiger partial charge in [-0.25, -0.2) is 9.97 Å². The maximum absolute atomic E-state index is 5.65. The lowest BCUT2D eigenvalue weighted by Gasteiger charge is -2.07. The van der Waals surface area contributed by atoms with Gasteiger partial charge in [0.05, 0.1) is 0 Å². The molecule has 1 aromatic heterocycles. The Hall–Kier alpha value is -1.90. The van der Waals surface area contributed by atoms with E-state index >= 15 is 0 Å². The number of benzene rings is 1. The van der Waals surface area contributed by atoms with E-state index in [0.29, 0.717) is 6.01 Å². The molecule has 0 fully saturated rings. The summed E-state index contributed by atoms with van der Waals surface area (Å²) in [5.74, 6) is 0.799. The first-order chi connectivity index (χ1) is 7.65. The first-order valence-corrected chi connectivity index (χ1v) is 5.21. The number of hydrogen-bond acceptors (Lipinski definition) is 3. The molecule has 0 amide bonds. The van der Waals surface area contributed by atoms with E-state index in [-0.39, 0.29) is 0 Å². The molecule has 0 aliphatic rings. The molecular weight excluding hydrogens is 200 g/mol. The predicted molar refractivity (Wildman–Crippen MR) is 62.8 cm³/mol. The minimum atomic E-state index is 0.409. The highest BCUT2D eigenvalue weighted by Crippen LogP contribution is 2.21. The molecule has 3 nitrogen and oxygen atoms in total. The average Bonchev–Trinajstić information content (AvgIpc) is 2.20. The van der Waals surface area contributed by atoms with E-state index in [2.05, 4.69) is 9.97 Å². The second kappa shape index (κ2) is 4.31. The zero-order chi connectivity index (χ0) is 11.5. The Balaban J connectivity index is 2.30. The molecule has 0 atom stereocenters. The Kier molecular flexibility index (Phi) is 2.86. The van der Waals surface area contributed by atoms with E-state index in [1.54, 1.807) is 0 Å². The van der Waals surface area contributed by atoms with Crippen LogP contribution in [0.15, 0.2) is 30.3 Å². The number of hydrogen-bond donors (Lipinski definition) is 0. The molecule has 3 heteroatoms. The summed E-state index contributed by atoms with van der Waals surface area (Å²) in [6, 6.07) is 10.2. The molecule has 0 saturated carbocycles. The number of aryl methyl sites for hydroxylation is 3. The van der Waals surface area contributed by atoms with Crippen molar-refractivity contribution in [3.63, 3.8) is 0 Å². The van der Waals surface area contributed by atoms with Crippen molar-refractivity contribution in [3.05, 3.63) is 47.3 Å². The van der Waals surface area contributed by atoms with E-state index in [0.717, 1.165) is 22.7 Å². The van der Waals surface area contributed by atoms with E-state index in [1.807, 2.05) is 51.1 Å². The molecule has 0 radical (unpaired) electrons. The lowest BCUT2D eigenvalue weighted by molar-refractivity contribution is 0.436. The number of para-hydroxylation sites is 1. The number of rotatable bonds is 2. The van der Waals surface area contributed by atoms with E-state index in [4.69, 9.17) is 4.74 Å². The first-order valence-electron chi connectivity index (χ1n) is 5.21. The zero-order valence-electron chi connectivity index (χ0n) is 9.69. The summed E-state index contributed by atoms with van der Waals surface area (Å²) < 4.78 is 5.65. The second-order valence-electron chi connectivity index (χ2n) is 3.80. The van der Waals surface area contributed by atoms with Crippen LogP contribution in [0.4, 0.5) is 0 Å². The number of nitrogens with zero attached hydrogens (tertiary/aromatic N) is 2. The van der Waals surface area contributed by atoms with Crippen LogP contribution in [0, 0.1) is 20.8 Å². The van der Waals surface area contributed by atoms with Crippen molar-refractivity contribution in [2.75, 3.05) is 0 Å². The van der Waals surface area contributed by atoms with Crippen molar-refractivity contribution in [2.24, 2.45) is 0 Å². The lowest BCUT2D eigenvalue weighted by atomic mass is 10.2. The van der Waals surface area contributed by atoms with Crippen LogP contribution in [-0.4, -0.2) is 9.97 Å². The fraction of sp³-hybridized carbons (Fsp3) is 0.231. The maximum Gasteiger partial charge on any atom is 0.322 e. The largest absolute Gasteiger partial charge is 0.424 e. The fourth-order valence-corrected chi connectivity index (χ4v) is 1.51. The Morgan fingerprint density at radius 1 is 0.938 bits per heavy atom. The topological polar surface area (TPSA) is 35.0 Å². The number of aromatic nitrogens is 2. The van der Waals surface area contributed by atoms with Crippen LogP contribution < -0.4 is 4.74 Å². The molecule has 2 aromatic rings. The third-order valence-electron chi connectivity index (χ3n) is 2.26. The van der Waals surface area contributed by atoms with Crippen molar-refractivity contribution in [2.45, 2.75) is 20.8 Å². The van der Waals surface area contributed by atoms with Crippen molar-refractivity contribution >= 4 is 0 Å². The van der Waals surface area contributed by atoms with Crippen molar-refractivity contribution < 1.29 is 4.74 Å². The fourth-order valence-electron chi connectivity index (χ4n) is 1.51. The molecule has 0 N–H and O–H groups in total. The highest BCUT2D eigenvalue weighted by Gasteiger charge is 2.04. The molecular formula is C13H14N2O. The molecule has 0 bridgehead atoms. The third kappa shape index (κ3) is 2.37. The molecule has 0 aliphatic carbocycles. The minimum Gasteiger partial charge on any atom is -0.424 e. The highest BCUT2D eigenvalue weighted by atomic mass is 16.5. The van der Waals surface area contributed by atoms with Crippen LogP contribution in [0.1, 0.15) is 17.0 Å². The molecule has 2 rings (SSSR count). The van der Waals surface area contributed by atoms with Gasteiger partial charge < -0.3 is 4.74 Å². The normalized spacial score (nSPS) is 10.2. The third-order valence-corrected chi connectivity index (χ3v) is 2.26. The van der Waals surface area contributed by atoms with Crippen LogP contribution in [0.3, 0.4) is 0 Å². The van der Waals surface area contributed by atoms with Gasteiger partial charge in [0.25, 0.3) is 0 Å². The summed E-state index contributed by atoms with van der Waals surface area (Å²) in [4.78, 5) is 8.47. The van der Waals surface area contributed by atoms with Gasteiger partial charge in [0.15, 0.2) is 0 Å². The van der Waals surface area contributed by atoms with Gasteiger partial charge in [0, 0.05) is 11.4 Å². The van der Waals surface area contributed by atoms with Crippen LogP contribution in [-0.2, 0) is 0 Å². The summed E-state index contributed by atoms with van der Waals surface area (Å²) in [6.45, 7) is 5.86. The minimum absolute atomic E-state index is 0.409. The highest BCUT2D eigenvalue weighted by molar-refractivity contribution is 5.33. The van der Waals surface area contributed by atoms with Crippen LogP contribution in [0.2, 0.25) is 0 Å². The van der Waals surface area contributed by atoms with Gasteiger partial charge in [-0.3, -0.25) is 0 Å². The lowest BCUT2D eigenvalue weighted by Crippen LogP contribution is -1.96. The summed E-state index contributed by atoms with van der Waals surface area (Å²) in [5, 5.41) is 0. The smallest absolute Gasteiger partial charge is 0.322 e. The summed E-state index contributed by atoms with van der Waals surface area (Å²) in [6.07, 6.45) is 0. The summed E-state index contributed by atoms with van der Waals surface area (Å²) in [5.41, 5.74) is 2.90. The van der Waals surface area contributed by atoms with Crippen LogP contribution >= 0.6 is 0 Å². The van der Waals surface area contributed by atoms with Gasteiger partial charge in [-0.1, -0.05) is 18.2 Å². The van der Waals surface area contributed by atoms with Gasteiger partial charge in [0.2, 0.25) is 0 Å². The Morgan fingerprint density at radius 3 is 2.19 bits per heavy atom. The van der Waals surface area contributed by atoms with E-state index in [1.165, 1.54) is 0 Å². The molecule has 1 aromatic carbocycles. The van der Waals surface area contributed by atoms with E-state index < -0.39 is 0 Å². The van der Waals surface area contributed by atoms with Crippen molar-refractivity contribution in [3.8, 4) is 11.8 Å². The maximum atomic E-state index is 5.65. The SMILES string of the molecule is Cc1cc(C)nc(Oc2ccccc2C)n1. The van der Waals surface area contributed by atoms with Crippen molar-refractivity contribution in [1.29, 1.82) is 0 Å². The van der Waals surface area contributed by atoms with Gasteiger partial charge in [0.1, 0.15) is 5.75 Å². The monoisotopic (exact) mass is 214 g/mol.